The number of nitrogens with zero attached hydrogens (tertiary/aromatic N) is 1. The third-order valence-electron chi connectivity index (χ3n) is 2.31. The van der Waals surface area contributed by atoms with Crippen LogP contribution in [0.4, 0.5) is 0 Å². The minimum absolute atomic E-state index is 0.0878. The first-order valence-electron chi connectivity index (χ1n) is 5.60. The van der Waals surface area contributed by atoms with E-state index in [0.717, 1.165) is 19.3 Å². The lowest BCUT2D eigenvalue weighted by atomic mass is 10.2. The van der Waals surface area contributed by atoms with Gasteiger partial charge in [-0.15, -0.1) is 0 Å². The predicted octanol–water partition coefficient (Wildman–Crippen LogP) is 0.999. The molecule has 4 heteroatoms. The Hall–Kier alpha value is -0.610. The minimum atomic E-state index is -0.0878. The summed E-state index contributed by atoms with van der Waals surface area (Å²) in [5, 5.41) is 0. The SMILES string of the molecule is CCCCCC(=O)N(C)CC(N)COC. The summed E-state index contributed by atoms with van der Waals surface area (Å²) in [6.45, 7) is 3.19. The topological polar surface area (TPSA) is 55.6 Å². The maximum Gasteiger partial charge on any atom is 0.222 e. The summed E-state index contributed by atoms with van der Waals surface area (Å²) < 4.78 is 4.92. The second kappa shape index (κ2) is 8.68. The number of carbonyl (C=O) groups is 1. The van der Waals surface area contributed by atoms with Crippen molar-refractivity contribution in [1.82, 2.24) is 4.90 Å². The number of hydrogen-bond donors (Lipinski definition) is 1. The van der Waals surface area contributed by atoms with Crippen molar-refractivity contribution < 1.29 is 9.53 Å². The van der Waals surface area contributed by atoms with E-state index < -0.39 is 0 Å². The molecule has 0 radical (unpaired) electrons. The number of methoxy groups -OCH3 is 1. The Bertz CT molecular complexity index is 174. The Kier molecular flexibility index (Phi) is 8.33. The summed E-state index contributed by atoms with van der Waals surface area (Å²) in [6.07, 6.45) is 3.85. The molecule has 0 fully saturated rings. The van der Waals surface area contributed by atoms with E-state index in [1.165, 1.54) is 0 Å². The maximum absolute atomic E-state index is 11.6. The number of ether oxygens (including phenoxy) is 1. The summed E-state index contributed by atoms with van der Waals surface area (Å²) in [5.74, 6) is 0.176. The average molecular weight is 216 g/mol. The van der Waals surface area contributed by atoms with Gasteiger partial charge in [0.15, 0.2) is 0 Å². The number of rotatable bonds is 8. The number of amides is 1. The lowest BCUT2D eigenvalue weighted by Crippen LogP contribution is -2.41. The summed E-state index contributed by atoms with van der Waals surface area (Å²) >= 11 is 0. The smallest absolute Gasteiger partial charge is 0.222 e. The van der Waals surface area contributed by atoms with Crippen molar-refractivity contribution in [3.63, 3.8) is 0 Å². The molecule has 90 valence electrons. The molecule has 0 aromatic rings. The predicted molar refractivity (Wildman–Crippen MR) is 61.6 cm³/mol. The summed E-state index contributed by atoms with van der Waals surface area (Å²) in [5.41, 5.74) is 5.76. The fraction of sp³-hybridized carbons (Fsp3) is 0.909. The Morgan fingerprint density at radius 1 is 1.47 bits per heavy atom. The minimum Gasteiger partial charge on any atom is -0.383 e. The van der Waals surface area contributed by atoms with Gasteiger partial charge in [-0.25, -0.2) is 0 Å². The zero-order chi connectivity index (χ0) is 11.7. The van der Waals surface area contributed by atoms with Crippen LogP contribution in [0.25, 0.3) is 0 Å². The molecule has 1 amide bonds. The van der Waals surface area contributed by atoms with Gasteiger partial charge >= 0.3 is 0 Å². The molecule has 0 aromatic carbocycles. The third-order valence-corrected chi connectivity index (χ3v) is 2.31. The quantitative estimate of drug-likeness (QED) is 0.616. The number of likely N-dealkylation sites (N-methyl/N-ethyl adjacent to an activating group) is 1. The molecular formula is C11H24N2O2. The lowest BCUT2D eigenvalue weighted by Gasteiger charge is -2.21. The molecule has 0 aromatic heterocycles. The highest BCUT2D eigenvalue weighted by molar-refractivity contribution is 5.75. The van der Waals surface area contributed by atoms with Crippen LogP contribution in [0.15, 0.2) is 0 Å². The van der Waals surface area contributed by atoms with Gasteiger partial charge in [-0.05, 0) is 6.42 Å². The first-order chi connectivity index (χ1) is 7.11. The highest BCUT2D eigenvalue weighted by Gasteiger charge is 2.11. The maximum atomic E-state index is 11.6. The molecule has 4 nitrogen and oxygen atoms in total. The number of nitrogens with two attached hydrogens (primary N) is 1. The van der Waals surface area contributed by atoms with Crippen LogP contribution in [0.5, 0.6) is 0 Å². The van der Waals surface area contributed by atoms with Gasteiger partial charge in [-0.2, -0.15) is 0 Å². The van der Waals surface area contributed by atoms with Gasteiger partial charge in [0.05, 0.1) is 6.61 Å². The number of carbonyl (C=O) groups excluding carboxylic acids is 1. The van der Waals surface area contributed by atoms with E-state index in [9.17, 15) is 4.79 Å². The molecule has 0 saturated heterocycles. The van der Waals surface area contributed by atoms with Gasteiger partial charge in [0, 0.05) is 33.2 Å². The van der Waals surface area contributed by atoms with Crippen molar-refractivity contribution in [3.05, 3.63) is 0 Å². The van der Waals surface area contributed by atoms with Gasteiger partial charge in [-0.1, -0.05) is 19.8 Å². The van der Waals surface area contributed by atoms with E-state index in [-0.39, 0.29) is 11.9 Å². The molecule has 1 unspecified atom stereocenters. The monoisotopic (exact) mass is 216 g/mol. The van der Waals surface area contributed by atoms with Crippen LogP contribution < -0.4 is 5.73 Å². The van der Waals surface area contributed by atoms with Crippen LogP contribution >= 0.6 is 0 Å². The van der Waals surface area contributed by atoms with Crippen LogP contribution in [-0.4, -0.2) is 44.2 Å². The molecule has 0 heterocycles. The van der Waals surface area contributed by atoms with E-state index in [0.29, 0.717) is 19.6 Å². The summed E-state index contributed by atoms with van der Waals surface area (Å²) in [4.78, 5) is 13.3. The van der Waals surface area contributed by atoms with Crippen molar-refractivity contribution in [2.45, 2.75) is 38.6 Å². The number of unbranched alkanes of at least 4 members (excludes halogenated alkanes) is 2. The van der Waals surface area contributed by atoms with E-state index in [1.807, 2.05) is 0 Å². The molecule has 2 N–H and O–H groups in total. The molecule has 0 aliphatic heterocycles. The van der Waals surface area contributed by atoms with Crippen molar-refractivity contribution in [3.8, 4) is 0 Å². The van der Waals surface area contributed by atoms with Crippen molar-refractivity contribution in [2.24, 2.45) is 5.73 Å². The lowest BCUT2D eigenvalue weighted by molar-refractivity contribution is -0.130. The van der Waals surface area contributed by atoms with Crippen LogP contribution in [0.2, 0.25) is 0 Å². The van der Waals surface area contributed by atoms with Gasteiger partial charge in [-0.3, -0.25) is 4.79 Å². The van der Waals surface area contributed by atoms with Crippen molar-refractivity contribution >= 4 is 5.91 Å². The van der Waals surface area contributed by atoms with Crippen LogP contribution in [0.3, 0.4) is 0 Å². The molecule has 0 bridgehead atoms. The fourth-order valence-electron chi connectivity index (χ4n) is 1.44. The van der Waals surface area contributed by atoms with E-state index in [4.69, 9.17) is 10.5 Å². The normalized spacial score (nSPS) is 12.5. The third kappa shape index (κ3) is 7.33. The first-order valence-corrected chi connectivity index (χ1v) is 5.60. The molecular weight excluding hydrogens is 192 g/mol. The van der Waals surface area contributed by atoms with Gasteiger partial charge in [0.2, 0.25) is 5.91 Å². The Balaban J connectivity index is 3.68. The highest BCUT2D eigenvalue weighted by atomic mass is 16.5. The molecule has 0 aliphatic rings. The molecule has 0 aliphatic carbocycles. The van der Waals surface area contributed by atoms with Gasteiger partial charge < -0.3 is 15.4 Å². The Labute approximate surface area is 92.8 Å². The molecule has 0 saturated carbocycles. The van der Waals surface area contributed by atoms with E-state index in [2.05, 4.69) is 6.92 Å². The average Bonchev–Trinajstić information content (AvgIpc) is 2.18. The molecule has 0 spiro atoms. The van der Waals surface area contributed by atoms with Gasteiger partial charge in [0.1, 0.15) is 0 Å². The largest absolute Gasteiger partial charge is 0.383 e. The zero-order valence-electron chi connectivity index (χ0n) is 10.2. The van der Waals surface area contributed by atoms with E-state index >= 15 is 0 Å². The van der Waals surface area contributed by atoms with Crippen LogP contribution in [0.1, 0.15) is 32.6 Å². The second-order valence-electron chi connectivity index (χ2n) is 3.95. The summed E-state index contributed by atoms with van der Waals surface area (Å²) in [6, 6.07) is -0.0878. The summed E-state index contributed by atoms with van der Waals surface area (Å²) in [7, 11) is 3.41. The highest BCUT2D eigenvalue weighted by Crippen LogP contribution is 2.02. The molecule has 0 rings (SSSR count). The zero-order valence-corrected chi connectivity index (χ0v) is 10.2. The van der Waals surface area contributed by atoms with Crippen LogP contribution in [-0.2, 0) is 9.53 Å². The fourth-order valence-corrected chi connectivity index (χ4v) is 1.44. The molecule has 15 heavy (non-hydrogen) atoms. The second-order valence-corrected chi connectivity index (χ2v) is 3.95. The molecule has 1 atom stereocenters. The van der Waals surface area contributed by atoms with E-state index in [1.54, 1.807) is 19.1 Å². The van der Waals surface area contributed by atoms with Crippen molar-refractivity contribution in [1.29, 1.82) is 0 Å². The standard InChI is InChI=1S/C11H24N2O2/c1-4-5-6-7-11(14)13(2)8-10(12)9-15-3/h10H,4-9,12H2,1-3H3. The van der Waals surface area contributed by atoms with Crippen LogP contribution in [0, 0.1) is 0 Å². The number of hydrogen-bond acceptors (Lipinski definition) is 3. The van der Waals surface area contributed by atoms with Gasteiger partial charge in [0.25, 0.3) is 0 Å². The first kappa shape index (κ1) is 14.4. The Morgan fingerprint density at radius 3 is 2.67 bits per heavy atom. The Morgan fingerprint density at radius 2 is 2.13 bits per heavy atom. The van der Waals surface area contributed by atoms with Crippen molar-refractivity contribution in [2.75, 3.05) is 27.3 Å².